The normalized spacial score (nSPS) is 16.6. The van der Waals surface area contributed by atoms with Gasteiger partial charge in [-0.3, -0.25) is 9.78 Å². The van der Waals surface area contributed by atoms with Gasteiger partial charge >= 0.3 is 0 Å². The van der Waals surface area contributed by atoms with Gasteiger partial charge in [-0.05, 0) is 32.0 Å². The molecule has 0 aliphatic carbocycles. The Bertz CT molecular complexity index is 697. The fourth-order valence-electron chi connectivity index (χ4n) is 2.79. The van der Waals surface area contributed by atoms with Gasteiger partial charge in [0, 0.05) is 31.3 Å². The second kappa shape index (κ2) is 7.17. The summed E-state index contributed by atoms with van der Waals surface area (Å²) in [6.45, 7) is 3.21. The molecule has 0 radical (unpaired) electrons. The molecule has 0 saturated carbocycles. The summed E-state index contributed by atoms with van der Waals surface area (Å²) in [5.41, 5.74) is 6.95. The largest absolute Gasteiger partial charge is 0.328 e. The van der Waals surface area contributed by atoms with E-state index < -0.39 is 5.82 Å². The van der Waals surface area contributed by atoms with Crippen LogP contribution in [-0.4, -0.2) is 40.1 Å². The van der Waals surface area contributed by atoms with Crippen molar-refractivity contribution in [2.75, 3.05) is 19.6 Å². The zero-order valence-electron chi connectivity index (χ0n) is 12.2. The topological polar surface area (TPSA) is 64.2 Å². The predicted molar refractivity (Wildman–Crippen MR) is 86.9 cm³/mol. The van der Waals surface area contributed by atoms with Crippen LogP contribution >= 0.6 is 12.4 Å². The minimum Gasteiger partial charge on any atom is -0.328 e. The summed E-state index contributed by atoms with van der Waals surface area (Å²) < 4.78 is 15.0. The van der Waals surface area contributed by atoms with Gasteiger partial charge in [0.15, 0.2) is 0 Å². The van der Waals surface area contributed by atoms with Crippen LogP contribution in [0.15, 0.2) is 29.2 Å². The Labute approximate surface area is 134 Å². The number of pyridine rings is 2. The van der Waals surface area contributed by atoms with E-state index in [-0.39, 0.29) is 18.0 Å². The van der Waals surface area contributed by atoms with Crippen LogP contribution < -0.4 is 11.3 Å². The molecule has 0 unspecified atom stereocenters. The molecule has 1 aliphatic rings. The molecule has 3 heterocycles. The van der Waals surface area contributed by atoms with E-state index in [0.29, 0.717) is 23.6 Å². The van der Waals surface area contributed by atoms with Crippen LogP contribution in [0.3, 0.4) is 0 Å². The van der Waals surface area contributed by atoms with E-state index >= 15 is 0 Å². The first-order chi connectivity index (χ1) is 10.1. The first-order valence-corrected chi connectivity index (χ1v) is 7.26. The molecule has 5 nitrogen and oxygen atoms in total. The molecule has 120 valence electrons. The Morgan fingerprint density at radius 3 is 2.73 bits per heavy atom. The quantitative estimate of drug-likeness (QED) is 0.925. The number of hydrogen-bond donors (Lipinski definition) is 1. The highest BCUT2D eigenvalue weighted by molar-refractivity contribution is 5.85. The van der Waals surface area contributed by atoms with E-state index in [1.807, 2.05) is 0 Å². The molecular weight excluding hydrogens is 307 g/mol. The van der Waals surface area contributed by atoms with Gasteiger partial charge in [0.25, 0.3) is 5.56 Å². The summed E-state index contributed by atoms with van der Waals surface area (Å²) in [5.74, 6) is -0.425. The molecule has 1 aliphatic heterocycles. The summed E-state index contributed by atoms with van der Waals surface area (Å²) >= 11 is 0. The number of rotatable bonds is 3. The maximum atomic E-state index is 13.4. The summed E-state index contributed by atoms with van der Waals surface area (Å²) in [5, 5.41) is 0. The van der Waals surface area contributed by atoms with Crippen molar-refractivity contribution in [2.24, 2.45) is 5.73 Å². The first kappa shape index (κ1) is 16.9. The van der Waals surface area contributed by atoms with Crippen LogP contribution in [0.4, 0.5) is 4.39 Å². The maximum Gasteiger partial charge on any atom is 0.251 e. The zero-order valence-corrected chi connectivity index (χ0v) is 13.1. The predicted octanol–water partition coefficient (Wildman–Crippen LogP) is 1.38. The van der Waals surface area contributed by atoms with Crippen LogP contribution in [0.2, 0.25) is 0 Å². The van der Waals surface area contributed by atoms with Crippen molar-refractivity contribution in [1.82, 2.24) is 14.5 Å². The minimum absolute atomic E-state index is 0. The highest BCUT2D eigenvalue weighted by Gasteiger charge is 2.16. The summed E-state index contributed by atoms with van der Waals surface area (Å²) in [6, 6.07) is 4.78. The third-order valence-electron chi connectivity index (χ3n) is 4.08. The molecule has 0 amide bonds. The average Bonchev–Trinajstić information content (AvgIpc) is 2.48. The van der Waals surface area contributed by atoms with Gasteiger partial charge in [-0.1, -0.05) is 0 Å². The third-order valence-corrected chi connectivity index (χ3v) is 4.08. The molecule has 7 heteroatoms. The Morgan fingerprint density at radius 1 is 1.27 bits per heavy atom. The Kier molecular flexibility index (Phi) is 5.50. The maximum absolute atomic E-state index is 13.4. The lowest BCUT2D eigenvalue weighted by molar-refractivity contribution is 0.206. The number of piperidine rings is 1. The molecule has 0 spiro atoms. The van der Waals surface area contributed by atoms with Crippen LogP contribution in [0, 0.1) is 5.82 Å². The standard InChI is InChI=1S/C15H19FN4O.ClH/c16-11-9-14-13(18-10-11)1-2-15(21)20(14)8-7-19-5-3-12(17)4-6-19;/h1-2,9-10,12H,3-8,17H2;1H. The van der Waals surface area contributed by atoms with Gasteiger partial charge in [-0.25, -0.2) is 4.39 Å². The van der Waals surface area contributed by atoms with Crippen molar-refractivity contribution in [3.8, 4) is 0 Å². The average molecular weight is 327 g/mol. The van der Waals surface area contributed by atoms with E-state index in [9.17, 15) is 9.18 Å². The molecule has 2 aromatic heterocycles. The Morgan fingerprint density at radius 2 is 2.00 bits per heavy atom. The highest BCUT2D eigenvalue weighted by atomic mass is 35.5. The van der Waals surface area contributed by atoms with Crippen LogP contribution in [0.5, 0.6) is 0 Å². The first-order valence-electron chi connectivity index (χ1n) is 7.26. The van der Waals surface area contributed by atoms with Gasteiger partial charge < -0.3 is 15.2 Å². The van der Waals surface area contributed by atoms with Crippen LogP contribution in [-0.2, 0) is 6.54 Å². The summed E-state index contributed by atoms with van der Waals surface area (Å²) in [7, 11) is 0. The molecule has 2 N–H and O–H groups in total. The molecule has 1 fully saturated rings. The Hall–Kier alpha value is -1.50. The van der Waals surface area contributed by atoms with Crippen molar-refractivity contribution in [1.29, 1.82) is 0 Å². The SMILES string of the molecule is Cl.NC1CCN(CCn2c(=O)ccc3ncc(F)cc32)CC1. The number of hydrogen-bond acceptors (Lipinski definition) is 4. The van der Waals surface area contributed by atoms with Gasteiger partial charge in [0.05, 0.1) is 17.2 Å². The van der Waals surface area contributed by atoms with Gasteiger partial charge in [0.2, 0.25) is 0 Å². The number of aromatic nitrogens is 2. The van der Waals surface area contributed by atoms with Gasteiger partial charge in [-0.15, -0.1) is 12.4 Å². The van der Waals surface area contributed by atoms with Crippen molar-refractivity contribution in [2.45, 2.75) is 25.4 Å². The second-order valence-electron chi connectivity index (χ2n) is 5.56. The number of fused-ring (bicyclic) bond motifs is 1. The molecule has 0 aromatic carbocycles. The highest BCUT2D eigenvalue weighted by Crippen LogP contribution is 2.12. The number of likely N-dealkylation sites (tertiary alicyclic amines) is 1. The van der Waals surface area contributed by atoms with Crippen molar-refractivity contribution >= 4 is 23.4 Å². The van der Waals surface area contributed by atoms with Gasteiger partial charge in [0.1, 0.15) is 5.82 Å². The fraction of sp³-hybridized carbons (Fsp3) is 0.467. The molecule has 0 atom stereocenters. The third kappa shape index (κ3) is 3.63. The van der Waals surface area contributed by atoms with E-state index in [1.54, 1.807) is 10.6 Å². The van der Waals surface area contributed by atoms with Gasteiger partial charge in [-0.2, -0.15) is 0 Å². The number of halogens is 2. The number of nitrogens with zero attached hydrogens (tertiary/aromatic N) is 3. The van der Waals surface area contributed by atoms with E-state index in [4.69, 9.17) is 5.73 Å². The lowest BCUT2D eigenvalue weighted by Gasteiger charge is -2.30. The molecule has 1 saturated heterocycles. The van der Waals surface area contributed by atoms with Crippen molar-refractivity contribution in [3.05, 3.63) is 40.6 Å². The molecule has 22 heavy (non-hydrogen) atoms. The monoisotopic (exact) mass is 326 g/mol. The van der Waals surface area contributed by atoms with E-state index in [1.165, 1.54) is 18.3 Å². The van der Waals surface area contributed by atoms with E-state index in [2.05, 4.69) is 9.88 Å². The smallest absolute Gasteiger partial charge is 0.251 e. The molecule has 0 bridgehead atoms. The zero-order chi connectivity index (χ0) is 14.8. The van der Waals surface area contributed by atoms with Crippen molar-refractivity contribution < 1.29 is 4.39 Å². The lowest BCUT2D eigenvalue weighted by Crippen LogP contribution is -2.41. The van der Waals surface area contributed by atoms with E-state index in [0.717, 1.165) is 32.5 Å². The fourth-order valence-corrected chi connectivity index (χ4v) is 2.79. The van der Waals surface area contributed by atoms with Crippen LogP contribution in [0.25, 0.3) is 11.0 Å². The molecule has 2 aromatic rings. The minimum atomic E-state index is -0.425. The Balaban J connectivity index is 0.00000176. The molecular formula is C15H20ClFN4O. The van der Waals surface area contributed by atoms with Crippen molar-refractivity contribution in [3.63, 3.8) is 0 Å². The lowest BCUT2D eigenvalue weighted by atomic mass is 10.1. The second-order valence-corrected chi connectivity index (χ2v) is 5.56. The summed E-state index contributed by atoms with van der Waals surface area (Å²) in [4.78, 5) is 18.4. The number of nitrogens with two attached hydrogens (primary N) is 1. The van der Waals surface area contributed by atoms with Crippen LogP contribution in [0.1, 0.15) is 12.8 Å². The molecule has 3 rings (SSSR count). The summed E-state index contributed by atoms with van der Waals surface area (Å²) in [6.07, 6.45) is 3.14.